The van der Waals surface area contributed by atoms with E-state index < -0.39 is 0 Å². The number of carbonyl (C=O) groups is 1. The first-order chi connectivity index (χ1) is 8.08. The van der Waals surface area contributed by atoms with Crippen LogP contribution in [0.1, 0.15) is 17.4 Å². The average Bonchev–Trinajstić information content (AvgIpc) is 2.37. The van der Waals surface area contributed by atoms with Gasteiger partial charge in [-0.3, -0.25) is 9.78 Å². The lowest BCUT2D eigenvalue weighted by Crippen LogP contribution is -2.28. The smallest absolute Gasteiger partial charge is 0.269 e. The summed E-state index contributed by atoms with van der Waals surface area (Å²) in [7, 11) is 3.58. The maximum Gasteiger partial charge on any atom is 0.269 e. The van der Waals surface area contributed by atoms with Crippen LogP contribution in [-0.2, 0) is 0 Å². The highest BCUT2D eigenvalue weighted by Crippen LogP contribution is 2.14. The van der Waals surface area contributed by atoms with Crippen molar-refractivity contribution >= 4 is 11.6 Å². The minimum absolute atomic E-state index is 0.174. The number of carbonyl (C=O) groups excluding carboxylic acids is 1. The van der Waals surface area contributed by atoms with Crippen molar-refractivity contribution in [2.24, 2.45) is 11.7 Å². The third-order valence-corrected chi connectivity index (χ3v) is 2.63. The number of amides is 1. The van der Waals surface area contributed by atoms with E-state index in [-0.39, 0.29) is 5.91 Å². The largest absolute Gasteiger partial charge is 0.374 e. The Bertz CT molecular complexity index is 381. The van der Waals surface area contributed by atoms with Gasteiger partial charge in [-0.15, -0.1) is 0 Å². The minimum atomic E-state index is -0.174. The van der Waals surface area contributed by atoms with Gasteiger partial charge in [-0.1, -0.05) is 6.92 Å². The van der Waals surface area contributed by atoms with Crippen molar-refractivity contribution in [2.75, 3.05) is 32.1 Å². The summed E-state index contributed by atoms with van der Waals surface area (Å²) in [4.78, 5) is 17.6. The molecule has 0 spiro atoms. The van der Waals surface area contributed by atoms with E-state index in [0.717, 1.165) is 12.2 Å². The van der Waals surface area contributed by atoms with Crippen LogP contribution in [0.3, 0.4) is 0 Å². The molecule has 17 heavy (non-hydrogen) atoms. The van der Waals surface area contributed by atoms with Gasteiger partial charge in [0.25, 0.3) is 5.91 Å². The van der Waals surface area contributed by atoms with Crippen LogP contribution in [-0.4, -0.2) is 38.1 Å². The molecule has 0 saturated heterocycles. The van der Waals surface area contributed by atoms with E-state index >= 15 is 0 Å². The molecule has 0 radical (unpaired) electrons. The highest BCUT2D eigenvalue weighted by atomic mass is 16.1. The summed E-state index contributed by atoms with van der Waals surface area (Å²) in [6, 6.07) is 3.66. The molecule has 0 aliphatic heterocycles. The molecule has 0 aromatic carbocycles. The van der Waals surface area contributed by atoms with Gasteiger partial charge < -0.3 is 16.0 Å². The molecule has 0 bridgehead atoms. The quantitative estimate of drug-likeness (QED) is 0.779. The number of hydrogen-bond donors (Lipinski definition) is 2. The first-order valence-electron chi connectivity index (χ1n) is 5.67. The Labute approximate surface area is 102 Å². The van der Waals surface area contributed by atoms with Gasteiger partial charge >= 0.3 is 0 Å². The molecule has 5 nitrogen and oxygen atoms in total. The zero-order valence-corrected chi connectivity index (χ0v) is 10.6. The summed E-state index contributed by atoms with van der Waals surface area (Å²) >= 11 is 0. The summed E-state index contributed by atoms with van der Waals surface area (Å²) in [5.41, 5.74) is 6.99. The molecular formula is C12H20N4O. The SMILES string of the molecule is CNC(=O)c1cc(N(C)CC(C)CN)ccn1. The number of hydrogen-bond acceptors (Lipinski definition) is 4. The van der Waals surface area contributed by atoms with Crippen molar-refractivity contribution in [2.45, 2.75) is 6.92 Å². The summed E-state index contributed by atoms with van der Waals surface area (Å²) in [5.74, 6) is 0.240. The minimum Gasteiger partial charge on any atom is -0.374 e. The lowest BCUT2D eigenvalue weighted by Gasteiger charge is -2.22. The van der Waals surface area contributed by atoms with Gasteiger partial charge in [0.1, 0.15) is 5.69 Å². The van der Waals surface area contributed by atoms with Gasteiger partial charge in [0.15, 0.2) is 0 Å². The van der Waals surface area contributed by atoms with Crippen LogP contribution in [0.4, 0.5) is 5.69 Å². The molecule has 0 saturated carbocycles. The molecule has 1 aromatic heterocycles. The Balaban J connectivity index is 2.80. The zero-order valence-electron chi connectivity index (χ0n) is 10.6. The van der Waals surface area contributed by atoms with Crippen molar-refractivity contribution < 1.29 is 4.79 Å². The fraction of sp³-hybridized carbons (Fsp3) is 0.500. The van der Waals surface area contributed by atoms with E-state index in [9.17, 15) is 4.79 Å². The van der Waals surface area contributed by atoms with E-state index in [2.05, 4.69) is 22.1 Å². The Morgan fingerprint density at radius 2 is 2.35 bits per heavy atom. The normalized spacial score (nSPS) is 12.0. The molecule has 1 atom stereocenters. The Morgan fingerprint density at radius 1 is 1.65 bits per heavy atom. The molecule has 1 heterocycles. The van der Waals surface area contributed by atoms with E-state index in [0.29, 0.717) is 18.2 Å². The van der Waals surface area contributed by atoms with Crippen LogP contribution in [0.25, 0.3) is 0 Å². The number of aromatic nitrogens is 1. The number of pyridine rings is 1. The highest BCUT2D eigenvalue weighted by molar-refractivity contribution is 5.92. The molecule has 94 valence electrons. The van der Waals surface area contributed by atoms with Gasteiger partial charge in [0.2, 0.25) is 0 Å². The Kier molecular flexibility index (Phi) is 4.90. The van der Waals surface area contributed by atoms with Crippen LogP contribution < -0.4 is 16.0 Å². The fourth-order valence-corrected chi connectivity index (χ4v) is 1.56. The number of rotatable bonds is 5. The van der Waals surface area contributed by atoms with Crippen LogP contribution in [0, 0.1) is 5.92 Å². The molecule has 1 rings (SSSR count). The second-order valence-electron chi connectivity index (χ2n) is 4.20. The number of nitrogens with two attached hydrogens (primary N) is 1. The number of anilines is 1. The van der Waals surface area contributed by atoms with E-state index in [1.54, 1.807) is 19.3 Å². The average molecular weight is 236 g/mol. The Hall–Kier alpha value is -1.62. The summed E-state index contributed by atoms with van der Waals surface area (Å²) in [5, 5.41) is 2.56. The first-order valence-corrected chi connectivity index (χ1v) is 5.67. The zero-order chi connectivity index (χ0) is 12.8. The van der Waals surface area contributed by atoms with E-state index in [1.165, 1.54) is 0 Å². The van der Waals surface area contributed by atoms with Crippen LogP contribution in [0.2, 0.25) is 0 Å². The van der Waals surface area contributed by atoms with Gasteiger partial charge in [0, 0.05) is 32.5 Å². The standard InChI is InChI=1S/C12H20N4O/c1-9(7-13)8-16(3)10-4-5-15-11(6-10)12(17)14-2/h4-6,9H,7-8,13H2,1-3H3,(H,14,17). The lowest BCUT2D eigenvalue weighted by molar-refractivity contribution is 0.0958. The highest BCUT2D eigenvalue weighted by Gasteiger charge is 2.09. The molecule has 0 fully saturated rings. The second kappa shape index (κ2) is 6.20. The predicted octanol–water partition coefficient (Wildman–Crippen LogP) is 0.472. The molecule has 3 N–H and O–H groups in total. The fourth-order valence-electron chi connectivity index (χ4n) is 1.56. The second-order valence-corrected chi connectivity index (χ2v) is 4.20. The van der Waals surface area contributed by atoms with Crippen molar-refractivity contribution in [3.63, 3.8) is 0 Å². The maximum atomic E-state index is 11.5. The first kappa shape index (κ1) is 13.4. The van der Waals surface area contributed by atoms with E-state index in [1.807, 2.05) is 13.1 Å². The van der Waals surface area contributed by atoms with E-state index in [4.69, 9.17) is 5.73 Å². The van der Waals surface area contributed by atoms with Crippen molar-refractivity contribution in [3.8, 4) is 0 Å². The molecule has 1 amide bonds. The number of nitrogens with zero attached hydrogens (tertiary/aromatic N) is 2. The van der Waals surface area contributed by atoms with Crippen LogP contribution in [0.5, 0.6) is 0 Å². The lowest BCUT2D eigenvalue weighted by atomic mass is 10.1. The van der Waals surface area contributed by atoms with Crippen molar-refractivity contribution in [1.29, 1.82) is 0 Å². The summed E-state index contributed by atoms with van der Waals surface area (Å²) < 4.78 is 0. The molecule has 0 aliphatic rings. The van der Waals surface area contributed by atoms with Gasteiger partial charge in [-0.2, -0.15) is 0 Å². The topological polar surface area (TPSA) is 71.2 Å². The molecule has 5 heteroatoms. The molecular weight excluding hydrogens is 216 g/mol. The molecule has 1 aromatic rings. The maximum absolute atomic E-state index is 11.5. The molecule has 0 aliphatic carbocycles. The van der Waals surface area contributed by atoms with Crippen molar-refractivity contribution in [1.82, 2.24) is 10.3 Å². The third-order valence-electron chi connectivity index (χ3n) is 2.63. The molecule has 1 unspecified atom stereocenters. The van der Waals surface area contributed by atoms with Crippen LogP contribution in [0.15, 0.2) is 18.3 Å². The Morgan fingerprint density at radius 3 is 2.94 bits per heavy atom. The van der Waals surface area contributed by atoms with Crippen LogP contribution >= 0.6 is 0 Å². The van der Waals surface area contributed by atoms with Gasteiger partial charge in [-0.25, -0.2) is 0 Å². The number of nitrogens with one attached hydrogen (secondary N) is 1. The van der Waals surface area contributed by atoms with Gasteiger partial charge in [-0.05, 0) is 24.6 Å². The monoisotopic (exact) mass is 236 g/mol. The third kappa shape index (κ3) is 3.71. The predicted molar refractivity (Wildman–Crippen MR) is 69.1 cm³/mol. The van der Waals surface area contributed by atoms with Gasteiger partial charge in [0.05, 0.1) is 0 Å². The van der Waals surface area contributed by atoms with Crippen molar-refractivity contribution in [3.05, 3.63) is 24.0 Å². The summed E-state index contributed by atoms with van der Waals surface area (Å²) in [6.07, 6.45) is 1.64. The summed E-state index contributed by atoms with van der Waals surface area (Å²) in [6.45, 7) is 3.60.